The van der Waals surface area contributed by atoms with Gasteiger partial charge in [0.2, 0.25) is 10.0 Å². The Kier molecular flexibility index (Phi) is 4.48. The van der Waals surface area contributed by atoms with Gasteiger partial charge < -0.3 is 4.74 Å². The normalized spacial score (nSPS) is 27.4. The molecular formula is C19H21NO4S. The zero-order chi connectivity index (χ0) is 18.2. The summed E-state index contributed by atoms with van der Waals surface area (Å²) in [4.78, 5) is 12.9. The molecule has 132 valence electrons. The Morgan fingerprint density at radius 1 is 1.36 bits per heavy atom. The fourth-order valence-electron chi connectivity index (χ4n) is 3.99. The number of esters is 1. The molecule has 2 aliphatic rings. The summed E-state index contributed by atoms with van der Waals surface area (Å²) in [5.41, 5.74) is -0.322. The summed E-state index contributed by atoms with van der Waals surface area (Å²) < 4.78 is 32.8. The molecule has 0 radical (unpaired) electrons. The quantitative estimate of drug-likeness (QED) is 0.459. The summed E-state index contributed by atoms with van der Waals surface area (Å²) in [5, 5.41) is 0. The van der Waals surface area contributed by atoms with Crippen LogP contribution in [0.4, 0.5) is 0 Å². The summed E-state index contributed by atoms with van der Waals surface area (Å²) >= 11 is 0. The lowest BCUT2D eigenvalue weighted by Crippen LogP contribution is -2.60. The van der Waals surface area contributed by atoms with Crippen molar-refractivity contribution >= 4 is 16.0 Å². The molecule has 0 saturated heterocycles. The lowest BCUT2D eigenvalue weighted by atomic mass is 9.84. The van der Waals surface area contributed by atoms with E-state index in [-0.39, 0.29) is 23.3 Å². The van der Waals surface area contributed by atoms with Crippen LogP contribution < -0.4 is 0 Å². The van der Waals surface area contributed by atoms with Gasteiger partial charge >= 0.3 is 5.97 Å². The summed E-state index contributed by atoms with van der Waals surface area (Å²) in [6.07, 6.45) is 10.6. The van der Waals surface area contributed by atoms with Gasteiger partial charge in [0.15, 0.2) is 0 Å². The lowest BCUT2D eigenvalue weighted by Gasteiger charge is -2.41. The molecule has 0 heterocycles. The highest BCUT2D eigenvalue weighted by Gasteiger charge is 2.61. The van der Waals surface area contributed by atoms with Gasteiger partial charge in [-0.05, 0) is 37.8 Å². The summed E-state index contributed by atoms with van der Waals surface area (Å²) in [7, 11) is -2.66. The molecule has 1 aromatic carbocycles. The molecule has 1 saturated carbocycles. The minimum atomic E-state index is -3.94. The number of hydrogen-bond acceptors (Lipinski definition) is 4. The highest BCUT2D eigenvalue weighted by molar-refractivity contribution is 7.89. The molecule has 0 spiro atoms. The average Bonchev–Trinajstić information content (AvgIpc) is 3.20. The molecule has 1 fully saturated rings. The minimum absolute atomic E-state index is 0.128. The van der Waals surface area contributed by atoms with Crippen molar-refractivity contribution in [2.75, 3.05) is 13.7 Å². The van der Waals surface area contributed by atoms with Crippen molar-refractivity contribution in [3.05, 3.63) is 42.0 Å². The van der Waals surface area contributed by atoms with Gasteiger partial charge in [-0.25, -0.2) is 13.2 Å². The van der Waals surface area contributed by atoms with Crippen molar-refractivity contribution in [1.82, 2.24) is 4.31 Å². The van der Waals surface area contributed by atoms with Gasteiger partial charge in [-0.1, -0.05) is 35.8 Å². The van der Waals surface area contributed by atoms with Gasteiger partial charge in [-0.2, -0.15) is 4.31 Å². The second-order valence-electron chi connectivity index (χ2n) is 6.64. The number of fused-ring (bicyclic) bond motifs is 2. The van der Waals surface area contributed by atoms with Crippen LogP contribution in [0.15, 0.2) is 41.3 Å². The number of carbonyl (C=O) groups excluding carboxylic acids is 1. The van der Waals surface area contributed by atoms with Crippen LogP contribution in [0.1, 0.15) is 18.4 Å². The van der Waals surface area contributed by atoms with E-state index < -0.39 is 21.5 Å². The number of sulfonamides is 1. The molecule has 0 N–H and O–H groups in total. The number of allylic oxidation sites excluding steroid dienone is 1. The van der Waals surface area contributed by atoms with Crippen LogP contribution in [-0.4, -0.2) is 37.9 Å². The number of rotatable bonds is 5. The Bertz CT molecular complexity index is 850. The first-order chi connectivity index (χ1) is 11.9. The van der Waals surface area contributed by atoms with Crippen molar-refractivity contribution in [2.24, 2.45) is 11.8 Å². The minimum Gasteiger partial charge on any atom is -0.468 e. The van der Waals surface area contributed by atoms with E-state index in [1.165, 1.54) is 11.4 Å². The van der Waals surface area contributed by atoms with Crippen LogP contribution in [0.5, 0.6) is 0 Å². The van der Waals surface area contributed by atoms with Crippen LogP contribution in [-0.2, 0) is 19.6 Å². The Hall–Kier alpha value is -2.10. The van der Waals surface area contributed by atoms with Gasteiger partial charge in [0.1, 0.15) is 5.54 Å². The molecular weight excluding hydrogens is 338 g/mol. The van der Waals surface area contributed by atoms with E-state index in [4.69, 9.17) is 11.2 Å². The number of benzene rings is 1. The third-order valence-electron chi connectivity index (χ3n) is 5.19. The van der Waals surface area contributed by atoms with E-state index in [1.54, 1.807) is 24.3 Å². The van der Waals surface area contributed by atoms with Crippen molar-refractivity contribution in [3.8, 4) is 12.3 Å². The molecule has 6 heteroatoms. The summed E-state index contributed by atoms with van der Waals surface area (Å²) in [6, 6.07) is 6.54. The maximum atomic E-state index is 13.3. The second-order valence-corrected chi connectivity index (χ2v) is 8.50. The Morgan fingerprint density at radius 3 is 2.52 bits per heavy atom. The van der Waals surface area contributed by atoms with Crippen molar-refractivity contribution in [3.63, 3.8) is 0 Å². The number of methoxy groups -OCH3 is 1. The zero-order valence-corrected chi connectivity index (χ0v) is 15.1. The topological polar surface area (TPSA) is 63.7 Å². The van der Waals surface area contributed by atoms with Gasteiger partial charge in [0, 0.05) is 5.92 Å². The maximum absolute atomic E-state index is 13.3. The van der Waals surface area contributed by atoms with Gasteiger partial charge in [-0.15, -0.1) is 6.42 Å². The third kappa shape index (κ3) is 2.68. The van der Waals surface area contributed by atoms with Gasteiger partial charge in [-0.3, -0.25) is 0 Å². The first-order valence-corrected chi connectivity index (χ1v) is 9.60. The molecule has 0 unspecified atom stereocenters. The van der Waals surface area contributed by atoms with E-state index in [9.17, 15) is 13.2 Å². The predicted octanol–water partition coefficient (Wildman–Crippen LogP) is 2.13. The van der Waals surface area contributed by atoms with Crippen molar-refractivity contribution in [2.45, 2.75) is 30.2 Å². The number of nitrogens with zero attached hydrogens (tertiary/aromatic N) is 1. The molecule has 25 heavy (non-hydrogen) atoms. The number of aryl methyl sites for hydroxylation is 1. The predicted molar refractivity (Wildman–Crippen MR) is 94.0 cm³/mol. The molecule has 5 nitrogen and oxygen atoms in total. The maximum Gasteiger partial charge on any atom is 0.328 e. The smallest absolute Gasteiger partial charge is 0.328 e. The number of terminal acetylenes is 1. The molecule has 1 aromatic rings. The number of carbonyl (C=O) groups is 1. The van der Waals surface area contributed by atoms with Crippen molar-refractivity contribution < 1.29 is 17.9 Å². The highest BCUT2D eigenvalue weighted by atomic mass is 32.2. The standard InChI is InChI=1S/C19H21NO4S/c1-4-11-20(25(22,23)17-9-5-14(2)6-10-17)19(18(21)24-3)13-15-7-8-16(19)12-15/h1,5-10,15-16H,11-13H2,2-3H3/t15-,16+,19-/m0/s1. The first kappa shape index (κ1) is 17.7. The van der Waals surface area contributed by atoms with Crippen LogP contribution >= 0.6 is 0 Å². The molecule has 2 bridgehead atoms. The Morgan fingerprint density at radius 2 is 2.04 bits per heavy atom. The number of ether oxygens (including phenoxy) is 1. The van der Waals surface area contributed by atoms with Crippen LogP contribution in [0.25, 0.3) is 0 Å². The van der Waals surface area contributed by atoms with E-state index in [0.29, 0.717) is 6.42 Å². The first-order valence-electron chi connectivity index (χ1n) is 8.16. The highest BCUT2D eigenvalue weighted by Crippen LogP contribution is 2.51. The van der Waals surface area contributed by atoms with E-state index >= 15 is 0 Å². The molecule has 0 aliphatic heterocycles. The average molecular weight is 359 g/mol. The fraction of sp³-hybridized carbons (Fsp3) is 0.421. The summed E-state index contributed by atoms with van der Waals surface area (Å²) in [6.45, 7) is 1.70. The van der Waals surface area contributed by atoms with E-state index in [0.717, 1.165) is 12.0 Å². The Balaban J connectivity index is 2.14. The van der Waals surface area contributed by atoms with E-state index in [1.807, 2.05) is 19.1 Å². The van der Waals surface area contributed by atoms with E-state index in [2.05, 4.69) is 5.92 Å². The van der Waals surface area contributed by atoms with Crippen LogP contribution in [0.2, 0.25) is 0 Å². The number of hydrogen-bond donors (Lipinski definition) is 0. The van der Waals surface area contributed by atoms with Gasteiger partial charge in [0.05, 0.1) is 18.6 Å². The fourth-order valence-corrected chi connectivity index (χ4v) is 5.68. The third-order valence-corrected chi connectivity index (χ3v) is 7.09. The molecule has 3 atom stereocenters. The molecule has 3 rings (SSSR count). The Labute approximate surface area is 148 Å². The largest absolute Gasteiger partial charge is 0.468 e. The zero-order valence-electron chi connectivity index (χ0n) is 14.3. The van der Waals surface area contributed by atoms with Crippen LogP contribution in [0.3, 0.4) is 0 Å². The van der Waals surface area contributed by atoms with Gasteiger partial charge in [0.25, 0.3) is 0 Å². The molecule has 0 amide bonds. The second kappa shape index (κ2) is 6.32. The van der Waals surface area contributed by atoms with Crippen LogP contribution in [0, 0.1) is 31.1 Å². The molecule has 2 aliphatic carbocycles. The monoisotopic (exact) mass is 359 g/mol. The molecule has 0 aromatic heterocycles. The summed E-state index contributed by atoms with van der Waals surface area (Å²) in [5.74, 6) is 1.80. The SMILES string of the molecule is C#CCN([C@@]1(C(=O)OC)C[C@H]2C=C[C@@H]1C2)S(=O)(=O)c1ccc(C)cc1. The lowest BCUT2D eigenvalue weighted by molar-refractivity contribution is -0.153. The van der Waals surface area contributed by atoms with Crippen molar-refractivity contribution in [1.29, 1.82) is 0 Å².